The average Bonchev–Trinajstić information content (AvgIpc) is 2.40. The Kier molecular flexibility index (Phi) is 5.63. The zero-order chi connectivity index (χ0) is 15.4. The summed E-state index contributed by atoms with van der Waals surface area (Å²) in [5, 5.41) is 3.38. The van der Waals surface area contributed by atoms with Crippen LogP contribution in [-0.4, -0.2) is 19.1 Å². The molecule has 0 aliphatic carbocycles. The molecule has 1 N–H and O–H groups in total. The highest BCUT2D eigenvalue weighted by Gasteiger charge is 2.25. The summed E-state index contributed by atoms with van der Waals surface area (Å²) in [5.41, 5.74) is 1.89. The number of nitrogens with zero attached hydrogens (tertiary/aromatic N) is 1. The topological polar surface area (TPSA) is 15.3 Å². The van der Waals surface area contributed by atoms with Gasteiger partial charge in [0.25, 0.3) is 0 Å². The van der Waals surface area contributed by atoms with Crippen LogP contribution >= 0.6 is 0 Å². The molecular weight excluding hydrogens is 263 g/mol. The minimum absolute atomic E-state index is 0.0884. The molecule has 2 rings (SSSR count). The summed E-state index contributed by atoms with van der Waals surface area (Å²) in [6.07, 6.45) is 2.38. The summed E-state index contributed by atoms with van der Waals surface area (Å²) in [6.45, 7) is 11.5. The van der Waals surface area contributed by atoms with Crippen molar-refractivity contribution in [1.29, 1.82) is 0 Å². The molecule has 0 amide bonds. The molecule has 0 radical (unpaired) electrons. The van der Waals surface area contributed by atoms with Crippen molar-refractivity contribution < 1.29 is 4.39 Å². The Balaban J connectivity index is 2.16. The van der Waals surface area contributed by atoms with Crippen LogP contribution in [0, 0.1) is 17.7 Å². The first-order valence-electron chi connectivity index (χ1n) is 8.23. The standard InChI is InChI=1S/C18H29FN2/c1-13(2)11-20-12-16-17(19)6-5-7-18(16)21-9-8-14(3)10-15(21)4/h5-7,13-15,20H,8-12H2,1-4H3. The van der Waals surface area contributed by atoms with Gasteiger partial charge in [0, 0.05) is 30.4 Å². The normalized spacial score (nSPS) is 22.9. The predicted molar refractivity (Wildman–Crippen MR) is 88.2 cm³/mol. The highest BCUT2D eigenvalue weighted by atomic mass is 19.1. The summed E-state index contributed by atoms with van der Waals surface area (Å²) in [6, 6.07) is 5.97. The van der Waals surface area contributed by atoms with Gasteiger partial charge < -0.3 is 10.2 Å². The first kappa shape index (κ1) is 16.3. The Morgan fingerprint density at radius 1 is 1.33 bits per heavy atom. The zero-order valence-corrected chi connectivity index (χ0v) is 13.8. The van der Waals surface area contributed by atoms with E-state index in [4.69, 9.17) is 0 Å². The van der Waals surface area contributed by atoms with Crippen molar-refractivity contribution in [2.24, 2.45) is 11.8 Å². The van der Waals surface area contributed by atoms with Gasteiger partial charge in [-0.3, -0.25) is 0 Å². The van der Waals surface area contributed by atoms with E-state index in [2.05, 4.69) is 44.0 Å². The van der Waals surface area contributed by atoms with E-state index in [1.165, 1.54) is 12.8 Å². The van der Waals surface area contributed by atoms with E-state index < -0.39 is 0 Å². The maximum atomic E-state index is 14.3. The Bertz CT molecular complexity index is 459. The van der Waals surface area contributed by atoms with E-state index in [0.717, 1.165) is 30.3 Å². The van der Waals surface area contributed by atoms with Crippen molar-refractivity contribution in [3.63, 3.8) is 0 Å². The molecule has 1 fully saturated rings. The van der Waals surface area contributed by atoms with Gasteiger partial charge in [-0.2, -0.15) is 0 Å². The van der Waals surface area contributed by atoms with E-state index in [9.17, 15) is 4.39 Å². The van der Waals surface area contributed by atoms with Crippen LogP contribution in [0.1, 0.15) is 46.1 Å². The van der Waals surface area contributed by atoms with Crippen LogP contribution in [0.25, 0.3) is 0 Å². The number of hydrogen-bond donors (Lipinski definition) is 1. The second-order valence-electron chi connectivity index (χ2n) is 6.93. The zero-order valence-electron chi connectivity index (χ0n) is 13.8. The highest BCUT2D eigenvalue weighted by Crippen LogP contribution is 2.31. The van der Waals surface area contributed by atoms with Gasteiger partial charge in [-0.15, -0.1) is 0 Å². The third kappa shape index (κ3) is 4.19. The number of anilines is 1. The molecule has 2 unspecified atom stereocenters. The van der Waals surface area contributed by atoms with E-state index in [1.807, 2.05) is 6.07 Å². The van der Waals surface area contributed by atoms with Crippen molar-refractivity contribution in [2.45, 2.75) is 53.1 Å². The Morgan fingerprint density at radius 3 is 2.76 bits per heavy atom. The second kappa shape index (κ2) is 7.26. The van der Waals surface area contributed by atoms with Crippen LogP contribution in [0.2, 0.25) is 0 Å². The molecule has 1 aliphatic rings. The molecule has 0 bridgehead atoms. The van der Waals surface area contributed by atoms with Gasteiger partial charge in [-0.05, 0) is 50.3 Å². The Morgan fingerprint density at radius 2 is 2.10 bits per heavy atom. The summed E-state index contributed by atoms with van der Waals surface area (Å²) in [4.78, 5) is 2.38. The summed E-state index contributed by atoms with van der Waals surface area (Å²) in [7, 11) is 0. The molecule has 1 heterocycles. The SMILES string of the molecule is CC(C)CNCc1c(F)cccc1N1CCC(C)CC1C. The van der Waals surface area contributed by atoms with Gasteiger partial charge >= 0.3 is 0 Å². The summed E-state index contributed by atoms with van der Waals surface area (Å²) in [5.74, 6) is 1.26. The van der Waals surface area contributed by atoms with Crippen LogP contribution < -0.4 is 10.2 Å². The number of benzene rings is 1. The van der Waals surface area contributed by atoms with Crippen LogP contribution in [0.4, 0.5) is 10.1 Å². The summed E-state index contributed by atoms with van der Waals surface area (Å²) < 4.78 is 14.3. The molecule has 1 saturated heterocycles. The van der Waals surface area contributed by atoms with Gasteiger partial charge in [0.05, 0.1) is 0 Å². The van der Waals surface area contributed by atoms with Gasteiger partial charge in [-0.25, -0.2) is 4.39 Å². The lowest BCUT2D eigenvalue weighted by molar-refractivity contribution is 0.376. The minimum atomic E-state index is -0.0884. The molecule has 0 saturated carbocycles. The van der Waals surface area contributed by atoms with Crippen LogP contribution in [0.5, 0.6) is 0 Å². The van der Waals surface area contributed by atoms with Gasteiger partial charge in [0.15, 0.2) is 0 Å². The molecule has 1 aromatic carbocycles. The molecular formula is C18H29FN2. The number of rotatable bonds is 5. The fourth-order valence-corrected chi connectivity index (χ4v) is 3.24. The molecule has 2 atom stereocenters. The lowest BCUT2D eigenvalue weighted by Gasteiger charge is -2.39. The number of halogens is 1. The lowest BCUT2D eigenvalue weighted by Crippen LogP contribution is -2.41. The van der Waals surface area contributed by atoms with Crippen molar-refractivity contribution in [2.75, 3.05) is 18.0 Å². The molecule has 118 valence electrons. The van der Waals surface area contributed by atoms with Crippen molar-refractivity contribution in [3.8, 4) is 0 Å². The largest absolute Gasteiger partial charge is 0.368 e. The first-order valence-corrected chi connectivity index (χ1v) is 8.23. The molecule has 0 spiro atoms. The van der Waals surface area contributed by atoms with Gasteiger partial charge in [0.2, 0.25) is 0 Å². The predicted octanol–water partition coefficient (Wildman–Crippen LogP) is 4.20. The average molecular weight is 292 g/mol. The third-order valence-electron chi connectivity index (χ3n) is 4.40. The molecule has 1 aliphatic heterocycles. The molecule has 2 nitrogen and oxygen atoms in total. The Labute approximate surface area is 128 Å². The minimum Gasteiger partial charge on any atom is -0.368 e. The summed E-state index contributed by atoms with van der Waals surface area (Å²) >= 11 is 0. The van der Waals surface area contributed by atoms with Gasteiger partial charge in [0.1, 0.15) is 5.82 Å². The van der Waals surface area contributed by atoms with Gasteiger partial charge in [-0.1, -0.05) is 26.8 Å². The fraction of sp³-hybridized carbons (Fsp3) is 0.667. The lowest BCUT2D eigenvalue weighted by atomic mass is 9.92. The Hall–Kier alpha value is -1.09. The molecule has 1 aromatic rings. The van der Waals surface area contributed by atoms with E-state index in [1.54, 1.807) is 6.07 Å². The monoisotopic (exact) mass is 292 g/mol. The maximum absolute atomic E-state index is 14.3. The maximum Gasteiger partial charge on any atom is 0.129 e. The smallest absolute Gasteiger partial charge is 0.129 e. The quantitative estimate of drug-likeness (QED) is 0.875. The third-order valence-corrected chi connectivity index (χ3v) is 4.40. The van der Waals surface area contributed by atoms with Crippen molar-refractivity contribution in [1.82, 2.24) is 5.32 Å². The van der Waals surface area contributed by atoms with E-state index in [-0.39, 0.29) is 5.82 Å². The van der Waals surface area contributed by atoms with E-state index in [0.29, 0.717) is 18.5 Å². The van der Waals surface area contributed by atoms with Crippen LogP contribution in [-0.2, 0) is 6.54 Å². The van der Waals surface area contributed by atoms with Crippen molar-refractivity contribution in [3.05, 3.63) is 29.6 Å². The highest BCUT2D eigenvalue weighted by molar-refractivity contribution is 5.55. The number of nitrogens with one attached hydrogen (secondary N) is 1. The van der Waals surface area contributed by atoms with E-state index >= 15 is 0 Å². The molecule has 0 aromatic heterocycles. The molecule has 21 heavy (non-hydrogen) atoms. The fourth-order valence-electron chi connectivity index (χ4n) is 3.24. The number of piperidine rings is 1. The van der Waals surface area contributed by atoms with Crippen LogP contribution in [0.15, 0.2) is 18.2 Å². The first-order chi connectivity index (χ1) is 9.99. The second-order valence-corrected chi connectivity index (χ2v) is 6.93. The van der Waals surface area contributed by atoms with Crippen molar-refractivity contribution >= 4 is 5.69 Å². The number of hydrogen-bond acceptors (Lipinski definition) is 2. The van der Waals surface area contributed by atoms with Crippen LogP contribution in [0.3, 0.4) is 0 Å². The molecule has 3 heteroatoms.